The largest absolute Gasteiger partial charge is 0.497 e. The topological polar surface area (TPSA) is 99.7 Å². The fourth-order valence-corrected chi connectivity index (χ4v) is 7.29. The number of methoxy groups -OCH3 is 2. The van der Waals surface area contributed by atoms with Crippen molar-refractivity contribution in [3.63, 3.8) is 0 Å². The number of nitrogens with one attached hydrogen (secondary N) is 1. The van der Waals surface area contributed by atoms with E-state index in [0.717, 1.165) is 29.7 Å². The van der Waals surface area contributed by atoms with Gasteiger partial charge in [0, 0.05) is 16.0 Å². The Morgan fingerprint density at radius 1 is 1.18 bits per heavy atom. The second-order valence-corrected chi connectivity index (χ2v) is 12.1. The summed E-state index contributed by atoms with van der Waals surface area (Å²) in [6, 6.07) is 12.3. The summed E-state index contributed by atoms with van der Waals surface area (Å²) in [6.07, 6.45) is 2.88. The van der Waals surface area contributed by atoms with Crippen LogP contribution in [-0.2, 0) is 17.6 Å². The lowest BCUT2D eigenvalue weighted by atomic mass is 9.89. The van der Waals surface area contributed by atoms with Crippen molar-refractivity contribution < 1.29 is 14.3 Å². The molecule has 40 heavy (non-hydrogen) atoms. The molecule has 1 N–H and O–H groups in total. The highest BCUT2D eigenvalue weighted by Crippen LogP contribution is 2.38. The number of ether oxygens (including phenoxy) is 2. The van der Waals surface area contributed by atoms with Crippen LogP contribution in [0.2, 0.25) is 5.02 Å². The highest BCUT2D eigenvalue weighted by Gasteiger charge is 2.27. The summed E-state index contributed by atoms with van der Waals surface area (Å²) in [6.45, 7) is 2.22. The van der Waals surface area contributed by atoms with E-state index < -0.39 is 0 Å². The van der Waals surface area contributed by atoms with Crippen LogP contribution in [0.4, 0.5) is 5.69 Å². The highest BCUT2D eigenvalue weighted by atomic mass is 35.5. The Hall–Kier alpha value is -3.54. The first-order chi connectivity index (χ1) is 19.4. The van der Waals surface area contributed by atoms with Crippen molar-refractivity contribution in [1.82, 2.24) is 19.2 Å². The van der Waals surface area contributed by atoms with Gasteiger partial charge in [-0.05, 0) is 67.1 Å². The number of thioether (sulfide) groups is 1. The van der Waals surface area contributed by atoms with Crippen LogP contribution in [0.5, 0.6) is 11.5 Å². The Morgan fingerprint density at radius 3 is 2.73 bits per heavy atom. The highest BCUT2D eigenvalue weighted by molar-refractivity contribution is 7.99. The molecule has 1 aliphatic rings. The average molecular weight is 596 g/mol. The maximum Gasteiger partial charge on any atom is 0.268 e. The fraction of sp³-hybridized carbons (Fsp3) is 0.286. The van der Waals surface area contributed by atoms with E-state index in [9.17, 15) is 9.59 Å². The molecule has 6 rings (SSSR count). The molecule has 2 aromatic carbocycles. The maximum atomic E-state index is 14.0. The summed E-state index contributed by atoms with van der Waals surface area (Å²) in [5.41, 5.74) is 2.18. The Labute approximate surface area is 243 Å². The van der Waals surface area contributed by atoms with Gasteiger partial charge in [0.2, 0.25) is 11.7 Å². The van der Waals surface area contributed by atoms with E-state index >= 15 is 0 Å². The molecule has 1 atom stereocenters. The van der Waals surface area contributed by atoms with Crippen LogP contribution in [-0.4, -0.2) is 45.0 Å². The van der Waals surface area contributed by atoms with Gasteiger partial charge in [0.25, 0.3) is 5.56 Å². The standard InChI is InChI=1S/C28H26ClN5O4S2/c1-15-4-11-22-19(12-15)24-25(36)33(17-7-5-16(29)6-8-17)27-31-32-28(34(27)26(24)40-22)39-14-23(35)30-20-10-9-18(37-2)13-21(20)38-3/h5-10,13,15H,4,11-12,14H2,1-3H3,(H,30,35)/t15-/m1/s1. The lowest BCUT2D eigenvalue weighted by Gasteiger charge is -2.18. The third-order valence-corrected chi connectivity index (χ3v) is 9.48. The number of anilines is 1. The van der Waals surface area contributed by atoms with E-state index in [4.69, 9.17) is 21.1 Å². The van der Waals surface area contributed by atoms with Crippen molar-refractivity contribution in [3.05, 3.63) is 68.3 Å². The number of nitrogens with zero attached hydrogens (tertiary/aromatic N) is 4. The van der Waals surface area contributed by atoms with Crippen LogP contribution in [0.3, 0.4) is 0 Å². The molecule has 3 heterocycles. The summed E-state index contributed by atoms with van der Waals surface area (Å²) >= 11 is 9.02. The van der Waals surface area contributed by atoms with Gasteiger partial charge in [-0.25, -0.2) is 8.97 Å². The predicted octanol–water partition coefficient (Wildman–Crippen LogP) is 5.62. The summed E-state index contributed by atoms with van der Waals surface area (Å²) < 4.78 is 14.1. The molecule has 206 valence electrons. The van der Waals surface area contributed by atoms with Gasteiger partial charge in [-0.1, -0.05) is 30.3 Å². The van der Waals surface area contributed by atoms with Crippen LogP contribution in [0, 0.1) is 5.92 Å². The number of aromatic nitrogens is 4. The van der Waals surface area contributed by atoms with E-state index in [1.807, 2.05) is 4.40 Å². The predicted molar refractivity (Wildman–Crippen MR) is 159 cm³/mol. The zero-order valence-electron chi connectivity index (χ0n) is 22.1. The molecule has 0 aliphatic heterocycles. The van der Waals surface area contributed by atoms with Crippen molar-refractivity contribution >= 4 is 62.3 Å². The van der Waals surface area contributed by atoms with Gasteiger partial charge in [-0.15, -0.1) is 21.5 Å². The molecule has 5 aromatic rings. The Kier molecular flexibility index (Phi) is 7.20. The molecule has 12 heteroatoms. The lowest BCUT2D eigenvalue weighted by Crippen LogP contribution is -2.23. The average Bonchev–Trinajstić information content (AvgIpc) is 3.54. The normalized spacial score (nSPS) is 14.8. The number of carbonyl (C=O) groups is 1. The summed E-state index contributed by atoms with van der Waals surface area (Å²) in [7, 11) is 3.11. The van der Waals surface area contributed by atoms with Gasteiger partial charge < -0.3 is 14.8 Å². The van der Waals surface area contributed by atoms with E-state index in [1.54, 1.807) is 65.5 Å². The molecule has 0 spiro atoms. The summed E-state index contributed by atoms with van der Waals surface area (Å²) in [5.74, 6) is 1.87. The smallest absolute Gasteiger partial charge is 0.268 e. The lowest BCUT2D eigenvalue weighted by molar-refractivity contribution is -0.113. The van der Waals surface area contributed by atoms with Crippen LogP contribution in [0.25, 0.3) is 21.7 Å². The van der Waals surface area contributed by atoms with Gasteiger partial charge in [0.05, 0.1) is 36.7 Å². The molecule has 1 amide bonds. The van der Waals surface area contributed by atoms with Crippen molar-refractivity contribution in [2.75, 3.05) is 25.3 Å². The Morgan fingerprint density at radius 2 is 1.98 bits per heavy atom. The van der Waals surface area contributed by atoms with Gasteiger partial charge in [0.1, 0.15) is 16.3 Å². The van der Waals surface area contributed by atoms with Crippen molar-refractivity contribution in [3.8, 4) is 17.2 Å². The molecule has 0 fully saturated rings. The van der Waals surface area contributed by atoms with Gasteiger partial charge in [-0.3, -0.25) is 9.59 Å². The SMILES string of the molecule is COc1ccc(NC(=O)CSc2nnc3n(-c4ccc(Cl)cc4)c(=O)c4c5c(sc4n23)CC[C@@H](C)C5)c(OC)c1. The number of fused-ring (bicyclic) bond motifs is 5. The molecule has 0 bridgehead atoms. The Balaban J connectivity index is 1.41. The van der Waals surface area contributed by atoms with Gasteiger partial charge in [0.15, 0.2) is 5.16 Å². The fourth-order valence-electron chi connectivity index (χ4n) is 5.04. The van der Waals surface area contributed by atoms with Crippen LogP contribution >= 0.6 is 34.7 Å². The van der Waals surface area contributed by atoms with Gasteiger partial charge >= 0.3 is 0 Å². The zero-order valence-corrected chi connectivity index (χ0v) is 24.5. The number of rotatable bonds is 7. The van der Waals surface area contributed by atoms with Crippen LogP contribution < -0.4 is 20.3 Å². The minimum Gasteiger partial charge on any atom is -0.497 e. The molecule has 1 aliphatic carbocycles. The zero-order chi connectivity index (χ0) is 28.0. The molecular weight excluding hydrogens is 570 g/mol. The first-order valence-corrected chi connectivity index (χ1v) is 14.9. The van der Waals surface area contributed by atoms with E-state index in [1.165, 1.54) is 23.7 Å². The minimum absolute atomic E-state index is 0.0830. The minimum atomic E-state index is -0.230. The van der Waals surface area contributed by atoms with Crippen LogP contribution in [0.1, 0.15) is 23.8 Å². The Bertz CT molecular complexity index is 1810. The van der Waals surface area contributed by atoms with E-state index in [0.29, 0.717) is 50.1 Å². The summed E-state index contributed by atoms with van der Waals surface area (Å²) in [5, 5.41) is 13.5. The molecule has 0 saturated carbocycles. The summed E-state index contributed by atoms with van der Waals surface area (Å²) in [4.78, 5) is 29.0. The molecule has 9 nitrogen and oxygen atoms in total. The molecule has 0 saturated heterocycles. The third-order valence-electron chi connectivity index (χ3n) is 7.03. The number of carbonyl (C=O) groups excluding carboxylic acids is 1. The monoisotopic (exact) mass is 595 g/mol. The number of aryl methyl sites for hydroxylation is 1. The number of hydrogen-bond donors (Lipinski definition) is 1. The number of amides is 1. The van der Waals surface area contributed by atoms with Crippen molar-refractivity contribution in [2.45, 2.75) is 31.3 Å². The molecule has 0 radical (unpaired) electrons. The number of hydrogen-bond acceptors (Lipinski definition) is 8. The third kappa shape index (κ3) is 4.71. The molecular formula is C28H26ClN5O4S2. The quantitative estimate of drug-likeness (QED) is 0.244. The van der Waals surface area contributed by atoms with Crippen LogP contribution in [0.15, 0.2) is 52.4 Å². The number of halogens is 1. The molecule has 0 unspecified atom stereocenters. The number of benzene rings is 2. The van der Waals surface area contributed by atoms with E-state index in [-0.39, 0.29) is 17.2 Å². The second-order valence-electron chi connectivity index (χ2n) is 9.67. The van der Waals surface area contributed by atoms with Gasteiger partial charge in [-0.2, -0.15) is 0 Å². The second kappa shape index (κ2) is 10.8. The van der Waals surface area contributed by atoms with Crippen molar-refractivity contribution in [2.24, 2.45) is 5.92 Å². The van der Waals surface area contributed by atoms with E-state index in [2.05, 4.69) is 22.4 Å². The number of thiophene rings is 1. The molecule has 3 aromatic heterocycles. The maximum absolute atomic E-state index is 14.0. The van der Waals surface area contributed by atoms with Crippen molar-refractivity contribution in [1.29, 1.82) is 0 Å². The first-order valence-electron chi connectivity index (χ1n) is 12.7. The first kappa shape index (κ1) is 26.7.